The minimum absolute atomic E-state index is 0.0885. The first-order valence-electron chi connectivity index (χ1n) is 4.91. The Labute approximate surface area is 83.5 Å². The molecule has 0 aromatic rings. The van der Waals surface area contributed by atoms with Gasteiger partial charge in [0.05, 0.1) is 12.0 Å². The van der Waals surface area contributed by atoms with Gasteiger partial charge in [-0.25, -0.2) is 0 Å². The molecule has 0 radical (unpaired) electrons. The van der Waals surface area contributed by atoms with Crippen molar-refractivity contribution in [3.63, 3.8) is 0 Å². The zero-order valence-corrected chi connectivity index (χ0v) is 8.27. The molecule has 0 spiro atoms. The summed E-state index contributed by atoms with van der Waals surface area (Å²) in [5.74, 6) is -0.379. The highest BCUT2D eigenvalue weighted by molar-refractivity contribution is 5.72. The molecule has 14 heavy (non-hydrogen) atoms. The van der Waals surface area contributed by atoms with Gasteiger partial charge in [0.1, 0.15) is 0 Å². The average molecular weight is 197 g/mol. The summed E-state index contributed by atoms with van der Waals surface area (Å²) in [7, 11) is 0. The first-order chi connectivity index (χ1) is 6.63. The van der Waals surface area contributed by atoms with Crippen LogP contribution in [-0.4, -0.2) is 17.4 Å². The normalized spacial score (nSPS) is 28.9. The lowest BCUT2D eigenvalue weighted by molar-refractivity contribution is -0.171. The Morgan fingerprint density at radius 2 is 2.07 bits per heavy atom. The fraction of sp³-hybridized carbons (Fsp3) is 0.800. The summed E-state index contributed by atoms with van der Waals surface area (Å²) in [4.78, 5) is 11.3. The maximum absolute atomic E-state index is 11.3. The Morgan fingerprint density at radius 3 is 2.50 bits per heavy atom. The van der Waals surface area contributed by atoms with Crippen LogP contribution in [0.15, 0.2) is 0 Å². The second kappa shape index (κ2) is 4.97. The number of esters is 1. The number of aliphatic hydroxyl groups is 1. The summed E-state index contributed by atoms with van der Waals surface area (Å²) in [5.41, 5.74) is 0. The molecule has 0 aromatic heterocycles. The average Bonchev–Trinajstić information content (AvgIpc) is 2.17. The number of rotatable bonds is 2. The van der Waals surface area contributed by atoms with Gasteiger partial charge in [-0.15, -0.1) is 0 Å². The van der Waals surface area contributed by atoms with E-state index in [2.05, 4.69) is 6.07 Å². The monoisotopic (exact) mass is 197 g/mol. The minimum atomic E-state index is -1.03. The molecule has 0 aromatic carbocycles. The highest BCUT2D eigenvalue weighted by atomic mass is 16.6. The van der Waals surface area contributed by atoms with E-state index in [1.807, 2.05) is 0 Å². The lowest BCUT2D eigenvalue weighted by Gasteiger charge is -2.23. The SMILES string of the molecule is CC(O)OC(=O)C1CCC(C#N)CC1. The highest BCUT2D eigenvalue weighted by Gasteiger charge is 2.27. The van der Waals surface area contributed by atoms with Crippen LogP contribution in [0, 0.1) is 23.2 Å². The van der Waals surface area contributed by atoms with E-state index in [1.165, 1.54) is 6.92 Å². The lowest BCUT2D eigenvalue weighted by Crippen LogP contribution is -2.26. The van der Waals surface area contributed by atoms with Crippen molar-refractivity contribution in [2.24, 2.45) is 11.8 Å². The highest BCUT2D eigenvalue weighted by Crippen LogP contribution is 2.29. The van der Waals surface area contributed by atoms with Crippen molar-refractivity contribution >= 4 is 5.97 Å². The lowest BCUT2D eigenvalue weighted by atomic mass is 9.83. The third kappa shape index (κ3) is 3.00. The molecule has 4 nitrogen and oxygen atoms in total. The van der Waals surface area contributed by atoms with Crippen LogP contribution in [0.5, 0.6) is 0 Å². The van der Waals surface area contributed by atoms with Crippen LogP contribution in [0.2, 0.25) is 0 Å². The summed E-state index contributed by atoms with van der Waals surface area (Å²) >= 11 is 0. The Kier molecular flexibility index (Phi) is 3.90. The zero-order valence-electron chi connectivity index (χ0n) is 8.27. The molecular weight excluding hydrogens is 182 g/mol. The van der Waals surface area contributed by atoms with Crippen molar-refractivity contribution in [1.29, 1.82) is 5.26 Å². The maximum Gasteiger partial charge on any atom is 0.311 e. The molecule has 1 fully saturated rings. The summed E-state index contributed by atoms with van der Waals surface area (Å²) in [5, 5.41) is 17.5. The molecular formula is C10H15NO3. The number of ether oxygens (including phenoxy) is 1. The minimum Gasteiger partial charge on any atom is -0.436 e. The molecule has 1 atom stereocenters. The molecule has 1 unspecified atom stereocenters. The van der Waals surface area contributed by atoms with Gasteiger partial charge in [0, 0.05) is 5.92 Å². The van der Waals surface area contributed by atoms with Crippen molar-refractivity contribution in [2.45, 2.75) is 38.9 Å². The van der Waals surface area contributed by atoms with E-state index < -0.39 is 6.29 Å². The molecule has 0 amide bonds. The molecule has 1 aliphatic rings. The fourth-order valence-electron chi connectivity index (χ4n) is 1.72. The smallest absolute Gasteiger partial charge is 0.311 e. The fourth-order valence-corrected chi connectivity index (χ4v) is 1.72. The van der Waals surface area contributed by atoms with Crippen molar-refractivity contribution in [2.75, 3.05) is 0 Å². The predicted molar refractivity (Wildman–Crippen MR) is 48.8 cm³/mol. The van der Waals surface area contributed by atoms with Crippen molar-refractivity contribution < 1.29 is 14.6 Å². The quantitative estimate of drug-likeness (QED) is 0.533. The molecule has 1 rings (SSSR count). The van der Waals surface area contributed by atoms with Crippen molar-refractivity contribution in [3.05, 3.63) is 0 Å². The van der Waals surface area contributed by atoms with Gasteiger partial charge in [-0.05, 0) is 32.6 Å². The number of hydrogen-bond donors (Lipinski definition) is 1. The molecule has 1 N–H and O–H groups in total. The number of carbonyl (C=O) groups is 1. The van der Waals surface area contributed by atoms with E-state index >= 15 is 0 Å². The van der Waals surface area contributed by atoms with E-state index in [1.54, 1.807) is 0 Å². The summed E-state index contributed by atoms with van der Waals surface area (Å²) in [6.45, 7) is 1.42. The number of carbonyl (C=O) groups excluding carboxylic acids is 1. The van der Waals surface area contributed by atoms with E-state index in [-0.39, 0.29) is 17.8 Å². The van der Waals surface area contributed by atoms with Crippen LogP contribution in [-0.2, 0) is 9.53 Å². The summed E-state index contributed by atoms with van der Waals surface area (Å²) in [6, 6.07) is 2.20. The molecule has 78 valence electrons. The molecule has 0 heterocycles. The van der Waals surface area contributed by atoms with Crippen LogP contribution in [0.1, 0.15) is 32.6 Å². The van der Waals surface area contributed by atoms with Crippen molar-refractivity contribution in [1.82, 2.24) is 0 Å². The summed E-state index contributed by atoms with van der Waals surface area (Å²) in [6.07, 6.45) is 1.89. The second-order valence-corrected chi connectivity index (χ2v) is 3.71. The van der Waals surface area contributed by atoms with E-state index in [0.29, 0.717) is 12.8 Å². The van der Waals surface area contributed by atoms with Gasteiger partial charge in [-0.3, -0.25) is 4.79 Å². The van der Waals surface area contributed by atoms with Crippen LogP contribution in [0.4, 0.5) is 0 Å². The van der Waals surface area contributed by atoms with Gasteiger partial charge in [0.15, 0.2) is 6.29 Å². The van der Waals surface area contributed by atoms with E-state index in [4.69, 9.17) is 15.1 Å². The van der Waals surface area contributed by atoms with E-state index in [0.717, 1.165) is 12.8 Å². The molecule has 0 saturated heterocycles. The first kappa shape index (κ1) is 11.0. The maximum atomic E-state index is 11.3. The van der Waals surface area contributed by atoms with Gasteiger partial charge < -0.3 is 9.84 Å². The third-order valence-electron chi connectivity index (χ3n) is 2.53. The van der Waals surface area contributed by atoms with Crippen LogP contribution in [0.3, 0.4) is 0 Å². The Hall–Kier alpha value is -1.08. The van der Waals surface area contributed by atoms with Crippen LogP contribution < -0.4 is 0 Å². The van der Waals surface area contributed by atoms with E-state index in [9.17, 15) is 4.79 Å². The van der Waals surface area contributed by atoms with Crippen molar-refractivity contribution in [3.8, 4) is 6.07 Å². The molecule has 0 bridgehead atoms. The largest absolute Gasteiger partial charge is 0.436 e. The molecule has 4 heteroatoms. The number of nitriles is 1. The molecule has 1 saturated carbocycles. The van der Waals surface area contributed by atoms with Gasteiger partial charge >= 0.3 is 5.97 Å². The van der Waals surface area contributed by atoms with Gasteiger partial charge in [-0.1, -0.05) is 0 Å². The Morgan fingerprint density at radius 1 is 1.50 bits per heavy atom. The Bertz CT molecular complexity index is 236. The first-order valence-corrected chi connectivity index (χ1v) is 4.91. The van der Waals surface area contributed by atoms with Crippen LogP contribution >= 0.6 is 0 Å². The second-order valence-electron chi connectivity index (χ2n) is 3.71. The number of hydrogen-bond acceptors (Lipinski definition) is 4. The van der Waals surface area contributed by atoms with Gasteiger partial charge in [-0.2, -0.15) is 5.26 Å². The number of aliphatic hydroxyl groups excluding tert-OH is 1. The predicted octanol–water partition coefficient (Wildman–Crippen LogP) is 1.20. The van der Waals surface area contributed by atoms with Gasteiger partial charge in [0.2, 0.25) is 0 Å². The Balaban J connectivity index is 2.35. The number of nitrogens with zero attached hydrogens (tertiary/aromatic N) is 1. The molecule has 0 aliphatic heterocycles. The standard InChI is InChI=1S/C10H15NO3/c1-7(12)14-10(13)9-4-2-8(6-11)3-5-9/h7-9,12H,2-5H2,1H3. The van der Waals surface area contributed by atoms with Gasteiger partial charge in [0.25, 0.3) is 0 Å². The topological polar surface area (TPSA) is 70.3 Å². The van der Waals surface area contributed by atoms with Crippen LogP contribution in [0.25, 0.3) is 0 Å². The summed E-state index contributed by atoms with van der Waals surface area (Å²) < 4.78 is 4.69. The molecule has 1 aliphatic carbocycles. The zero-order chi connectivity index (χ0) is 10.6. The third-order valence-corrected chi connectivity index (χ3v) is 2.53.